The van der Waals surface area contributed by atoms with Crippen molar-refractivity contribution in [1.82, 2.24) is 30.1 Å². The molecule has 2 aromatic heterocycles. The van der Waals surface area contributed by atoms with E-state index in [-0.39, 0.29) is 0 Å². The summed E-state index contributed by atoms with van der Waals surface area (Å²) in [5.74, 6) is 0.840. The van der Waals surface area contributed by atoms with Crippen molar-refractivity contribution in [3.05, 3.63) is 83.8 Å². The number of H-pyrrole nitrogens is 1. The molecule has 8 heteroatoms. The lowest BCUT2D eigenvalue weighted by atomic mass is 10.1. The maximum atomic E-state index is 5.80. The van der Waals surface area contributed by atoms with Gasteiger partial charge in [-0.05, 0) is 24.1 Å². The number of benzene rings is 2. The van der Waals surface area contributed by atoms with Crippen molar-refractivity contribution in [3.63, 3.8) is 0 Å². The Labute approximate surface area is 193 Å². The molecule has 1 aliphatic rings. The number of nitrogens with one attached hydrogen (secondary N) is 1. The Morgan fingerprint density at radius 1 is 1.06 bits per heavy atom. The molecule has 33 heavy (non-hydrogen) atoms. The summed E-state index contributed by atoms with van der Waals surface area (Å²) in [6.07, 6.45) is 4.96. The zero-order chi connectivity index (χ0) is 22.5. The first-order valence-corrected chi connectivity index (χ1v) is 11.2. The number of aromatic nitrogens is 5. The lowest BCUT2D eigenvalue weighted by molar-refractivity contribution is 0.104. The molecular formula is C25H28N6O2. The van der Waals surface area contributed by atoms with Crippen LogP contribution >= 0.6 is 0 Å². The van der Waals surface area contributed by atoms with E-state index in [1.165, 1.54) is 0 Å². The molecule has 0 radical (unpaired) electrons. The molecule has 1 atom stereocenters. The van der Waals surface area contributed by atoms with Gasteiger partial charge in [0, 0.05) is 30.8 Å². The topological polar surface area (TPSA) is 81.1 Å². The fraction of sp³-hybridized carbons (Fsp3) is 0.320. The molecule has 0 bridgehead atoms. The number of hydrogen-bond donors (Lipinski definition) is 1. The third kappa shape index (κ3) is 4.97. The van der Waals surface area contributed by atoms with Crippen LogP contribution in [0.4, 0.5) is 0 Å². The van der Waals surface area contributed by atoms with Crippen LogP contribution in [-0.2, 0) is 24.5 Å². The lowest BCUT2D eigenvalue weighted by Gasteiger charge is -2.16. The maximum Gasteiger partial charge on any atom is 0.128 e. The number of rotatable bonds is 9. The molecule has 1 aliphatic heterocycles. The van der Waals surface area contributed by atoms with E-state index >= 15 is 0 Å². The summed E-state index contributed by atoms with van der Waals surface area (Å²) in [5.41, 5.74) is 5.21. The van der Waals surface area contributed by atoms with Gasteiger partial charge >= 0.3 is 0 Å². The average molecular weight is 445 g/mol. The van der Waals surface area contributed by atoms with Crippen molar-refractivity contribution in [3.8, 4) is 17.0 Å². The number of methoxy groups -OCH3 is 1. The van der Waals surface area contributed by atoms with Gasteiger partial charge in [-0.3, -0.25) is 10.00 Å². The average Bonchev–Trinajstić information content (AvgIpc) is 3.61. The monoisotopic (exact) mass is 444 g/mol. The summed E-state index contributed by atoms with van der Waals surface area (Å²) in [5, 5.41) is 16.1. The van der Waals surface area contributed by atoms with Gasteiger partial charge in [0.1, 0.15) is 11.4 Å². The van der Waals surface area contributed by atoms with Crippen LogP contribution in [0.1, 0.15) is 29.3 Å². The Hall–Kier alpha value is -3.49. The van der Waals surface area contributed by atoms with Crippen LogP contribution in [0.15, 0.2) is 67.0 Å². The van der Waals surface area contributed by atoms with Gasteiger partial charge in [0.25, 0.3) is 0 Å². The third-order valence-electron chi connectivity index (χ3n) is 6.03. The highest BCUT2D eigenvalue weighted by Crippen LogP contribution is 2.32. The molecule has 0 amide bonds. The van der Waals surface area contributed by atoms with Gasteiger partial charge in [0.2, 0.25) is 0 Å². The van der Waals surface area contributed by atoms with Crippen molar-refractivity contribution >= 4 is 0 Å². The Balaban J connectivity index is 1.17. The van der Waals surface area contributed by atoms with E-state index in [9.17, 15) is 0 Å². The van der Waals surface area contributed by atoms with Crippen molar-refractivity contribution in [2.45, 2.75) is 32.2 Å². The standard InChI is InChI=1S/C25H28N6O2/c1-32-24-10-6-5-9-23(24)25-20(13-26-28-25)14-30-12-11-22(16-30)31-15-21(27-29-31)18-33-17-19-7-3-2-4-8-19/h2-10,13,15,22H,11-12,14,16-18H2,1H3,(H,26,28). The quantitative estimate of drug-likeness (QED) is 0.422. The van der Waals surface area contributed by atoms with E-state index in [0.717, 1.165) is 59.9 Å². The summed E-state index contributed by atoms with van der Waals surface area (Å²) in [6.45, 7) is 3.78. The lowest BCUT2D eigenvalue weighted by Crippen LogP contribution is -2.21. The Bertz CT molecular complexity index is 1170. The molecule has 3 heterocycles. The largest absolute Gasteiger partial charge is 0.496 e. The Morgan fingerprint density at radius 2 is 1.91 bits per heavy atom. The molecule has 0 saturated carbocycles. The van der Waals surface area contributed by atoms with Gasteiger partial charge in [-0.15, -0.1) is 5.10 Å². The van der Waals surface area contributed by atoms with E-state index in [1.54, 1.807) is 7.11 Å². The fourth-order valence-electron chi connectivity index (χ4n) is 4.33. The minimum Gasteiger partial charge on any atom is -0.496 e. The Kier molecular flexibility index (Phi) is 6.46. The fourth-order valence-corrected chi connectivity index (χ4v) is 4.33. The van der Waals surface area contributed by atoms with Gasteiger partial charge in [0.15, 0.2) is 0 Å². The van der Waals surface area contributed by atoms with Crippen LogP contribution in [0.3, 0.4) is 0 Å². The number of ether oxygens (including phenoxy) is 2. The van der Waals surface area contributed by atoms with E-state index in [4.69, 9.17) is 9.47 Å². The molecule has 8 nitrogen and oxygen atoms in total. The maximum absolute atomic E-state index is 5.80. The van der Waals surface area contributed by atoms with Crippen molar-refractivity contribution in [1.29, 1.82) is 0 Å². The summed E-state index contributed by atoms with van der Waals surface area (Å²) in [4.78, 5) is 2.43. The predicted octanol–water partition coefficient (Wildman–Crippen LogP) is 3.84. The SMILES string of the molecule is COc1ccccc1-c1[nH]ncc1CN1CCC(n2cc(COCc3ccccc3)nn2)C1. The normalized spacial score (nSPS) is 16.3. The van der Waals surface area contributed by atoms with Crippen LogP contribution < -0.4 is 4.74 Å². The highest BCUT2D eigenvalue weighted by molar-refractivity contribution is 5.69. The molecule has 170 valence electrons. The highest BCUT2D eigenvalue weighted by Gasteiger charge is 2.26. The van der Waals surface area contributed by atoms with E-state index in [2.05, 4.69) is 43.6 Å². The minimum atomic E-state index is 0.307. The smallest absolute Gasteiger partial charge is 0.128 e. The number of aromatic amines is 1. The summed E-state index contributed by atoms with van der Waals surface area (Å²) in [6, 6.07) is 18.5. The zero-order valence-corrected chi connectivity index (χ0v) is 18.7. The first-order chi connectivity index (χ1) is 16.3. The summed E-state index contributed by atoms with van der Waals surface area (Å²) >= 11 is 0. The van der Waals surface area contributed by atoms with Crippen molar-refractivity contribution in [2.75, 3.05) is 20.2 Å². The van der Waals surface area contributed by atoms with Crippen LogP contribution in [0, 0.1) is 0 Å². The predicted molar refractivity (Wildman–Crippen MR) is 124 cm³/mol. The Morgan fingerprint density at radius 3 is 2.79 bits per heavy atom. The third-order valence-corrected chi connectivity index (χ3v) is 6.03. The van der Waals surface area contributed by atoms with Gasteiger partial charge in [0.05, 0.1) is 44.5 Å². The zero-order valence-electron chi connectivity index (χ0n) is 18.7. The second-order valence-electron chi connectivity index (χ2n) is 8.32. The first kappa shape index (κ1) is 21.4. The van der Waals surface area contributed by atoms with Gasteiger partial charge in [-0.2, -0.15) is 5.10 Å². The first-order valence-electron chi connectivity index (χ1n) is 11.2. The van der Waals surface area contributed by atoms with Crippen LogP contribution in [-0.4, -0.2) is 50.3 Å². The highest BCUT2D eigenvalue weighted by atomic mass is 16.5. The molecule has 5 rings (SSSR count). The molecule has 0 aliphatic carbocycles. The minimum absolute atomic E-state index is 0.307. The van der Waals surface area contributed by atoms with E-state index in [0.29, 0.717) is 19.3 Å². The molecule has 1 unspecified atom stereocenters. The van der Waals surface area contributed by atoms with Crippen molar-refractivity contribution < 1.29 is 9.47 Å². The van der Waals surface area contributed by atoms with Crippen LogP contribution in [0.25, 0.3) is 11.3 Å². The number of nitrogens with zero attached hydrogens (tertiary/aromatic N) is 5. The van der Waals surface area contributed by atoms with Gasteiger partial charge in [-0.1, -0.05) is 47.7 Å². The van der Waals surface area contributed by atoms with Gasteiger partial charge < -0.3 is 9.47 Å². The van der Waals surface area contributed by atoms with E-state index < -0.39 is 0 Å². The molecule has 1 fully saturated rings. The summed E-state index contributed by atoms with van der Waals surface area (Å²) < 4.78 is 13.3. The molecule has 1 N–H and O–H groups in total. The second-order valence-corrected chi connectivity index (χ2v) is 8.32. The van der Waals surface area contributed by atoms with E-state index in [1.807, 2.05) is 53.5 Å². The molecule has 1 saturated heterocycles. The van der Waals surface area contributed by atoms with Crippen LogP contribution in [0.2, 0.25) is 0 Å². The molecule has 0 spiro atoms. The van der Waals surface area contributed by atoms with Crippen LogP contribution in [0.5, 0.6) is 5.75 Å². The number of likely N-dealkylation sites (tertiary alicyclic amines) is 1. The van der Waals surface area contributed by atoms with Crippen molar-refractivity contribution in [2.24, 2.45) is 0 Å². The number of hydrogen-bond acceptors (Lipinski definition) is 6. The second kappa shape index (κ2) is 9.97. The van der Waals surface area contributed by atoms with Gasteiger partial charge in [-0.25, -0.2) is 4.68 Å². The number of para-hydroxylation sites is 1. The summed E-state index contributed by atoms with van der Waals surface area (Å²) in [7, 11) is 1.69. The molecule has 2 aromatic carbocycles. The molecular weight excluding hydrogens is 416 g/mol. The molecule has 4 aromatic rings.